The second-order valence-corrected chi connectivity index (χ2v) is 4.41. The summed E-state index contributed by atoms with van der Waals surface area (Å²) in [5.41, 5.74) is 1.89. The van der Waals surface area contributed by atoms with Gasteiger partial charge in [-0.25, -0.2) is 4.39 Å². The molecular formula is C10H12FI. The number of halogens is 2. The van der Waals surface area contributed by atoms with Crippen molar-refractivity contribution in [3.05, 3.63) is 32.6 Å². The van der Waals surface area contributed by atoms with Crippen molar-refractivity contribution >= 4 is 22.6 Å². The molecule has 1 aromatic rings. The fraction of sp³-hybridized carbons (Fsp3) is 0.400. The van der Waals surface area contributed by atoms with E-state index in [0.717, 1.165) is 11.1 Å². The lowest BCUT2D eigenvalue weighted by atomic mass is 9.98. The van der Waals surface area contributed by atoms with Crippen molar-refractivity contribution < 1.29 is 4.39 Å². The van der Waals surface area contributed by atoms with Crippen molar-refractivity contribution in [2.75, 3.05) is 0 Å². The molecule has 0 unspecified atom stereocenters. The summed E-state index contributed by atoms with van der Waals surface area (Å²) in [5, 5.41) is 0. The van der Waals surface area contributed by atoms with E-state index < -0.39 is 0 Å². The van der Waals surface area contributed by atoms with Crippen molar-refractivity contribution in [1.82, 2.24) is 0 Å². The molecular weight excluding hydrogens is 266 g/mol. The van der Waals surface area contributed by atoms with Gasteiger partial charge in [0.05, 0.1) is 0 Å². The van der Waals surface area contributed by atoms with Crippen LogP contribution in [0.15, 0.2) is 12.1 Å². The molecule has 0 aliphatic carbocycles. The van der Waals surface area contributed by atoms with Crippen LogP contribution < -0.4 is 0 Å². The zero-order valence-electron chi connectivity index (χ0n) is 7.49. The zero-order valence-corrected chi connectivity index (χ0v) is 9.65. The molecule has 0 nitrogen and oxygen atoms in total. The molecule has 0 aliphatic rings. The van der Waals surface area contributed by atoms with Crippen molar-refractivity contribution in [1.29, 1.82) is 0 Å². The van der Waals surface area contributed by atoms with Gasteiger partial charge in [-0.3, -0.25) is 0 Å². The third-order valence-electron chi connectivity index (χ3n) is 1.93. The van der Waals surface area contributed by atoms with Gasteiger partial charge in [0.1, 0.15) is 5.82 Å². The second kappa shape index (κ2) is 3.73. The minimum atomic E-state index is -0.0504. The van der Waals surface area contributed by atoms with E-state index in [0.29, 0.717) is 3.57 Å². The van der Waals surface area contributed by atoms with Crippen LogP contribution in [0.5, 0.6) is 0 Å². The molecule has 0 fully saturated rings. The Morgan fingerprint density at radius 2 is 1.92 bits per heavy atom. The number of hydrogen-bond acceptors (Lipinski definition) is 0. The summed E-state index contributed by atoms with van der Waals surface area (Å²) in [7, 11) is 0. The van der Waals surface area contributed by atoms with E-state index in [-0.39, 0.29) is 11.7 Å². The normalized spacial score (nSPS) is 10.8. The number of hydrogen-bond donors (Lipinski definition) is 0. The van der Waals surface area contributed by atoms with Crippen LogP contribution in [0.3, 0.4) is 0 Å². The van der Waals surface area contributed by atoms with E-state index >= 15 is 0 Å². The van der Waals surface area contributed by atoms with Crippen LogP contribution in [0, 0.1) is 16.3 Å². The van der Waals surface area contributed by atoms with E-state index in [1.165, 1.54) is 0 Å². The SMILES string of the molecule is Cc1ccc(I)c(F)c1C(C)C. The third-order valence-corrected chi connectivity index (χ3v) is 2.76. The zero-order chi connectivity index (χ0) is 9.30. The highest BCUT2D eigenvalue weighted by atomic mass is 127. The molecule has 2 heteroatoms. The summed E-state index contributed by atoms with van der Waals surface area (Å²) in [6.07, 6.45) is 0. The maximum atomic E-state index is 13.5. The van der Waals surface area contributed by atoms with Gasteiger partial charge in [-0.15, -0.1) is 0 Å². The van der Waals surface area contributed by atoms with Crippen LogP contribution in [0.2, 0.25) is 0 Å². The average Bonchev–Trinajstić information content (AvgIpc) is 1.97. The standard InChI is InChI=1S/C10H12FI/c1-6(2)9-7(3)4-5-8(12)10(9)11/h4-6H,1-3H3. The Kier molecular flexibility index (Phi) is 3.09. The Bertz CT molecular complexity index is 292. The van der Waals surface area contributed by atoms with Crippen LogP contribution >= 0.6 is 22.6 Å². The van der Waals surface area contributed by atoms with E-state index in [4.69, 9.17) is 0 Å². The molecule has 0 bridgehead atoms. The van der Waals surface area contributed by atoms with Gasteiger partial charge in [0.25, 0.3) is 0 Å². The fourth-order valence-electron chi connectivity index (χ4n) is 1.37. The molecule has 0 saturated carbocycles. The van der Waals surface area contributed by atoms with Gasteiger partial charge in [0.15, 0.2) is 0 Å². The average molecular weight is 278 g/mol. The van der Waals surface area contributed by atoms with Crippen LogP contribution in [-0.4, -0.2) is 0 Å². The Hall–Kier alpha value is -0.120. The molecule has 66 valence electrons. The maximum Gasteiger partial charge on any atom is 0.140 e. The quantitative estimate of drug-likeness (QED) is 0.684. The molecule has 0 radical (unpaired) electrons. The van der Waals surface area contributed by atoms with Crippen molar-refractivity contribution in [3.63, 3.8) is 0 Å². The Morgan fingerprint density at radius 3 is 2.33 bits per heavy atom. The summed E-state index contributed by atoms with van der Waals surface area (Å²) >= 11 is 2.02. The van der Waals surface area contributed by atoms with Gasteiger partial charge in [-0.1, -0.05) is 19.9 Å². The van der Waals surface area contributed by atoms with Gasteiger partial charge < -0.3 is 0 Å². The first-order chi connectivity index (χ1) is 5.54. The van der Waals surface area contributed by atoms with E-state index in [1.807, 2.05) is 55.5 Å². The second-order valence-electron chi connectivity index (χ2n) is 3.25. The Morgan fingerprint density at radius 1 is 1.33 bits per heavy atom. The molecule has 0 N–H and O–H groups in total. The molecule has 0 amide bonds. The minimum absolute atomic E-state index is 0.0504. The topological polar surface area (TPSA) is 0 Å². The maximum absolute atomic E-state index is 13.5. The van der Waals surface area contributed by atoms with Crippen molar-refractivity contribution in [2.45, 2.75) is 26.7 Å². The molecule has 0 aromatic heterocycles. The molecule has 0 aliphatic heterocycles. The Balaban J connectivity index is 3.33. The first-order valence-electron chi connectivity index (χ1n) is 3.98. The summed E-state index contributed by atoms with van der Waals surface area (Å²) < 4.78 is 14.2. The fourth-order valence-corrected chi connectivity index (χ4v) is 1.84. The van der Waals surface area contributed by atoms with Gasteiger partial charge in [0.2, 0.25) is 0 Å². The van der Waals surface area contributed by atoms with E-state index in [9.17, 15) is 4.39 Å². The monoisotopic (exact) mass is 278 g/mol. The van der Waals surface area contributed by atoms with Crippen molar-refractivity contribution in [3.8, 4) is 0 Å². The lowest BCUT2D eigenvalue weighted by Crippen LogP contribution is -1.98. The highest BCUT2D eigenvalue weighted by Gasteiger charge is 2.11. The minimum Gasteiger partial charge on any atom is -0.206 e. The predicted molar refractivity (Wildman–Crippen MR) is 57.9 cm³/mol. The number of rotatable bonds is 1. The molecule has 1 rings (SSSR count). The first-order valence-corrected chi connectivity index (χ1v) is 5.06. The molecule has 0 saturated heterocycles. The van der Waals surface area contributed by atoms with Crippen LogP contribution in [0.4, 0.5) is 4.39 Å². The summed E-state index contributed by atoms with van der Waals surface area (Å²) in [5.74, 6) is 0.213. The van der Waals surface area contributed by atoms with Gasteiger partial charge in [0, 0.05) is 3.57 Å². The van der Waals surface area contributed by atoms with Crippen molar-refractivity contribution in [2.24, 2.45) is 0 Å². The van der Waals surface area contributed by atoms with Crippen LogP contribution in [-0.2, 0) is 0 Å². The third kappa shape index (κ3) is 1.79. The van der Waals surface area contributed by atoms with E-state index in [2.05, 4.69) is 0 Å². The summed E-state index contributed by atoms with van der Waals surface area (Å²) in [6, 6.07) is 3.79. The summed E-state index contributed by atoms with van der Waals surface area (Å²) in [6.45, 7) is 5.98. The number of aryl methyl sites for hydroxylation is 1. The molecule has 0 spiro atoms. The lowest BCUT2D eigenvalue weighted by Gasteiger charge is -2.11. The Labute approximate surface area is 86.3 Å². The van der Waals surface area contributed by atoms with Crippen LogP contribution in [0.1, 0.15) is 30.9 Å². The summed E-state index contributed by atoms with van der Waals surface area (Å²) in [4.78, 5) is 0. The lowest BCUT2D eigenvalue weighted by molar-refractivity contribution is 0.588. The number of benzene rings is 1. The van der Waals surface area contributed by atoms with Gasteiger partial charge in [-0.05, 0) is 52.6 Å². The molecule has 12 heavy (non-hydrogen) atoms. The molecule has 0 heterocycles. The highest BCUT2D eigenvalue weighted by molar-refractivity contribution is 14.1. The molecule has 1 aromatic carbocycles. The predicted octanol–water partition coefficient (Wildman–Crippen LogP) is 3.86. The highest BCUT2D eigenvalue weighted by Crippen LogP contribution is 2.25. The molecule has 0 atom stereocenters. The van der Waals surface area contributed by atoms with Gasteiger partial charge >= 0.3 is 0 Å². The van der Waals surface area contributed by atoms with Crippen LogP contribution in [0.25, 0.3) is 0 Å². The largest absolute Gasteiger partial charge is 0.206 e. The van der Waals surface area contributed by atoms with Gasteiger partial charge in [-0.2, -0.15) is 0 Å². The first kappa shape index (κ1) is 9.96. The smallest absolute Gasteiger partial charge is 0.140 e. The van der Waals surface area contributed by atoms with E-state index in [1.54, 1.807) is 0 Å².